The van der Waals surface area contributed by atoms with Crippen molar-refractivity contribution >= 4 is 10.0 Å². The first-order valence-electron chi connectivity index (χ1n) is 10.5. The van der Waals surface area contributed by atoms with Gasteiger partial charge >= 0.3 is 0 Å². The van der Waals surface area contributed by atoms with Crippen molar-refractivity contribution in [1.29, 1.82) is 0 Å². The first-order chi connectivity index (χ1) is 14.3. The van der Waals surface area contributed by atoms with Gasteiger partial charge in [0.25, 0.3) is 0 Å². The normalized spacial score (nSPS) is 19.8. The highest BCUT2D eigenvalue weighted by Crippen LogP contribution is 2.28. The Bertz CT molecular complexity index is 935. The number of nitrogens with one attached hydrogen (secondary N) is 2. The van der Waals surface area contributed by atoms with E-state index in [1.54, 1.807) is 19.2 Å². The molecule has 0 spiro atoms. The fraction of sp³-hybridized carbons (Fsp3) is 0.478. The van der Waals surface area contributed by atoms with E-state index in [-0.39, 0.29) is 0 Å². The Morgan fingerprint density at radius 3 is 2.13 bits per heavy atom. The molecule has 0 heterocycles. The van der Waals surface area contributed by atoms with Gasteiger partial charge in [-0.3, -0.25) is 0 Å². The molecule has 0 atom stereocenters. The Morgan fingerprint density at radius 1 is 0.967 bits per heavy atom. The van der Waals surface area contributed by atoms with Crippen molar-refractivity contribution in [3.8, 4) is 16.9 Å². The number of rotatable bonds is 8. The smallest absolute Gasteiger partial charge is 0.242 e. The molecule has 0 bridgehead atoms. The number of ether oxygens (including phenoxy) is 1. The van der Waals surface area contributed by atoms with Crippen LogP contribution in [0.15, 0.2) is 47.4 Å². The minimum Gasteiger partial charge on any atom is -0.496 e. The van der Waals surface area contributed by atoms with Crippen LogP contribution in [0.3, 0.4) is 0 Å². The molecule has 2 aromatic rings. The van der Waals surface area contributed by atoms with Crippen molar-refractivity contribution in [2.24, 2.45) is 0 Å². The Kier molecular flexibility index (Phi) is 7.52. The van der Waals surface area contributed by atoms with Crippen molar-refractivity contribution in [3.63, 3.8) is 0 Å². The van der Waals surface area contributed by atoms with Crippen LogP contribution in [0.1, 0.15) is 31.2 Å². The highest BCUT2D eigenvalue weighted by molar-refractivity contribution is 7.89. The molecule has 6 nitrogen and oxygen atoms in total. The molecular formula is C23H33N3O3S. The molecule has 1 aliphatic rings. The van der Waals surface area contributed by atoms with Crippen LogP contribution in [-0.2, 0) is 16.6 Å². The molecular weight excluding hydrogens is 398 g/mol. The SMILES string of the molecule is CNC1CCC(NCc2cc(-c3ccc(S(=O)(=O)N(C)C)cc3)ccc2OC)CC1. The number of sulfonamides is 1. The molecule has 3 rings (SSSR count). The van der Waals surface area contributed by atoms with E-state index >= 15 is 0 Å². The third-order valence-corrected chi connectivity index (χ3v) is 7.79. The van der Waals surface area contributed by atoms with Crippen molar-refractivity contribution < 1.29 is 13.2 Å². The zero-order valence-electron chi connectivity index (χ0n) is 18.3. The fourth-order valence-corrected chi connectivity index (χ4v) is 4.87. The molecule has 0 radical (unpaired) electrons. The quantitative estimate of drug-likeness (QED) is 0.672. The molecule has 164 valence electrons. The van der Waals surface area contributed by atoms with Gasteiger partial charge in [-0.25, -0.2) is 12.7 Å². The van der Waals surface area contributed by atoms with Gasteiger partial charge in [-0.05, 0) is 68.1 Å². The maximum atomic E-state index is 12.3. The average Bonchev–Trinajstić information content (AvgIpc) is 2.77. The van der Waals surface area contributed by atoms with E-state index in [0.29, 0.717) is 17.0 Å². The second-order valence-electron chi connectivity index (χ2n) is 8.06. The molecule has 1 fully saturated rings. The summed E-state index contributed by atoms with van der Waals surface area (Å²) >= 11 is 0. The maximum absolute atomic E-state index is 12.3. The first-order valence-corrected chi connectivity index (χ1v) is 11.9. The lowest BCUT2D eigenvalue weighted by molar-refractivity contribution is 0.315. The van der Waals surface area contributed by atoms with Crippen LogP contribution in [0.25, 0.3) is 11.1 Å². The summed E-state index contributed by atoms with van der Waals surface area (Å²) in [4.78, 5) is 0.295. The third-order valence-electron chi connectivity index (χ3n) is 5.96. The summed E-state index contributed by atoms with van der Waals surface area (Å²) in [6.45, 7) is 0.749. The maximum Gasteiger partial charge on any atom is 0.242 e. The summed E-state index contributed by atoms with van der Waals surface area (Å²) in [6.07, 6.45) is 4.76. The lowest BCUT2D eigenvalue weighted by atomic mass is 9.91. The lowest BCUT2D eigenvalue weighted by Gasteiger charge is -2.29. The standard InChI is InChI=1S/C23H33N3O3S/c1-24-20-8-10-21(11-9-20)25-16-19-15-18(7-14-23(19)29-4)17-5-12-22(13-6-17)30(27,28)26(2)3/h5-7,12-15,20-21,24-25H,8-11,16H2,1-4H3. The minimum absolute atomic E-state index is 0.295. The average molecular weight is 432 g/mol. The van der Waals surface area contributed by atoms with Crippen LogP contribution in [0.2, 0.25) is 0 Å². The number of benzene rings is 2. The number of hydrogen-bond donors (Lipinski definition) is 2. The highest BCUT2D eigenvalue weighted by Gasteiger charge is 2.20. The number of hydrogen-bond acceptors (Lipinski definition) is 5. The summed E-state index contributed by atoms with van der Waals surface area (Å²) in [7, 11) is 3.39. The van der Waals surface area contributed by atoms with Gasteiger partial charge in [-0.15, -0.1) is 0 Å². The monoisotopic (exact) mass is 431 g/mol. The van der Waals surface area contributed by atoms with Gasteiger partial charge < -0.3 is 15.4 Å². The van der Waals surface area contributed by atoms with Gasteiger partial charge in [0.1, 0.15) is 5.75 Å². The summed E-state index contributed by atoms with van der Waals surface area (Å²) in [6, 6.07) is 14.3. The van der Waals surface area contributed by atoms with Gasteiger partial charge in [0.15, 0.2) is 0 Å². The molecule has 0 aliphatic heterocycles. The third kappa shape index (κ3) is 5.21. The summed E-state index contributed by atoms with van der Waals surface area (Å²) in [5, 5.41) is 7.06. The molecule has 2 aromatic carbocycles. The predicted octanol–water partition coefficient (Wildman–Crippen LogP) is 3.23. The minimum atomic E-state index is -3.42. The van der Waals surface area contributed by atoms with Gasteiger partial charge in [-0.1, -0.05) is 18.2 Å². The molecule has 30 heavy (non-hydrogen) atoms. The van der Waals surface area contributed by atoms with Gasteiger partial charge in [-0.2, -0.15) is 0 Å². The highest BCUT2D eigenvalue weighted by atomic mass is 32.2. The van der Waals surface area contributed by atoms with Crippen LogP contribution < -0.4 is 15.4 Å². The summed E-state index contributed by atoms with van der Waals surface area (Å²) in [5.41, 5.74) is 3.13. The molecule has 0 saturated heterocycles. The largest absolute Gasteiger partial charge is 0.496 e. The Balaban J connectivity index is 1.74. The van der Waals surface area contributed by atoms with Crippen LogP contribution in [0.4, 0.5) is 0 Å². The van der Waals surface area contributed by atoms with E-state index in [2.05, 4.69) is 16.7 Å². The number of methoxy groups -OCH3 is 1. The predicted molar refractivity (Wildman–Crippen MR) is 121 cm³/mol. The van der Waals surface area contributed by atoms with E-state index < -0.39 is 10.0 Å². The zero-order valence-corrected chi connectivity index (χ0v) is 19.1. The summed E-state index contributed by atoms with van der Waals surface area (Å²) in [5.74, 6) is 0.863. The first kappa shape index (κ1) is 22.7. The van der Waals surface area contributed by atoms with Crippen molar-refractivity contribution in [2.75, 3.05) is 28.3 Å². The molecule has 0 amide bonds. The molecule has 7 heteroatoms. The topological polar surface area (TPSA) is 70.7 Å². The van der Waals surface area contributed by atoms with E-state index in [9.17, 15) is 8.42 Å². The van der Waals surface area contributed by atoms with Crippen molar-refractivity contribution in [1.82, 2.24) is 14.9 Å². The molecule has 1 saturated carbocycles. The van der Waals surface area contributed by atoms with Gasteiger partial charge in [0, 0.05) is 38.3 Å². The van der Waals surface area contributed by atoms with Gasteiger partial charge in [0.05, 0.1) is 12.0 Å². The Labute approximate surface area is 180 Å². The summed E-state index contributed by atoms with van der Waals surface area (Å²) < 4.78 is 31.4. The van der Waals surface area contributed by atoms with E-state index in [4.69, 9.17) is 4.74 Å². The van der Waals surface area contributed by atoms with E-state index in [0.717, 1.165) is 29.0 Å². The van der Waals surface area contributed by atoms with Crippen molar-refractivity contribution in [3.05, 3.63) is 48.0 Å². The lowest BCUT2D eigenvalue weighted by Crippen LogP contribution is -2.38. The zero-order chi connectivity index (χ0) is 21.7. The second-order valence-corrected chi connectivity index (χ2v) is 10.2. The van der Waals surface area contributed by atoms with Crippen LogP contribution in [0, 0.1) is 0 Å². The molecule has 0 aromatic heterocycles. The van der Waals surface area contributed by atoms with Crippen molar-refractivity contribution in [2.45, 2.75) is 49.2 Å². The van der Waals surface area contributed by atoms with Crippen LogP contribution >= 0.6 is 0 Å². The van der Waals surface area contributed by atoms with Gasteiger partial charge in [0.2, 0.25) is 10.0 Å². The van der Waals surface area contributed by atoms with E-state index in [1.165, 1.54) is 44.1 Å². The fourth-order valence-electron chi connectivity index (χ4n) is 3.97. The van der Waals surface area contributed by atoms with Crippen LogP contribution in [0.5, 0.6) is 5.75 Å². The van der Waals surface area contributed by atoms with E-state index in [1.807, 2.05) is 31.3 Å². The Hall–Kier alpha value is -1.93. The second kappa shape index (κ2) is 9.92. The molecule has 2 N–H and O–H groups in total. The Morgan fingerprint density at radius 2 is 1.57 bits per heavy atom. The van der Waals surface area contributed by atoms with Crippen LogP contribution in [-0.4, -0.2) is 53.1 Å². The molecule has 0 unspecified atom stereocenters. The molecule has 1 aliphatic carbocycles. The number of nitrogens with zero attached hydrogens (tertiary/aromatic N) is 1.